The highest BCUT2D eigenvalue weighted by Gasteiger charge is 2.26. The standard InChI is InChI=1S/C25H24N2O5/c28-24(26-27-25(29)20-14-19-8-4-5-9-23(19)32-16-20)17-31-22-12-10-21(11-13-22)30-15-18-6-2-1-3-7-18/h1-13,20H,14-17H2,(H,26,28)(H,27,29). The van der Waals surface area contributed by atoms with Crippen LogP contribution in [0.25, 0.3) is 0 Å². The Morgan fingerprint density at radius 2 is 1.53 bits per heavy atom. The minimum Gasteiger partial charge on any atom is -0.492 e. The van der Waals surface area contributed by atoms with E-state index in [1.807, 2.05) is 54.6 Å². The summed E-state index contributed by atoms with van der Waals surface area (Å²) in [6, 6.07) is 24.5. The van der Waals surface area contributed by atoms with Crippen molar-refractivity contribution in [3.8, 4) is 17.2 Å². The van der Waals surface area contributed by atoms with Crippen molar-refractivity contribution < 1.29 is 23.8 Å². The molecule has 0 spiro atoms. The number of hydrazine groups is 1. The van der Waals surface area contributed by atoms with E-state index in [-0.39, 0.29) is 25.0 Å². The predicted molar refractivity (Wildman–Crippen MR) is 118 cm³/mol. The Hall–Kier alpha value is -4.00. The van der Waals surface area contributed by atoms with Crippen LogP contribution in [0.15, 0.2) is 78.9 Å². The lowest BCUT2D eigenvalue weighted by molar-refractivity contribution is -0.132. The van der Waals surface area contributed by atoms with Crippen LogP contribution in [0.4, 0.5) is 0 Å². The number of amides is 2. The molecule has 7 heteroatoms. The molecule has 2 amide bonds. The van der Waals surface area contributed by atoms with Gasteiger partial charge in [0.25, 0.3) is 5.91 Å². The maximum atomic E-state index is 12.3. The zero-order valence-corrected chi connectivity index (χ0v) is 17.5. The van der Waals surface area contributed by atoms with Crippen LogP contribution in [0.1, 0.15) is 11.1 Å². The van der Waals surface area contributed by atoms with Gasteiger partial charge in [0.05, 0.1) is 5.92 Å². The maximum Gasteiger partial charge on any atom is 0.276 e. The van der Waals surface area contributed by atoms with E-state index < -0.39 is 5.91 Å². The monoisotopic (exact) mass is 432 g/mol. The summed E-state index contributed by atoms with van der Waals surface area (Å²) in [7, 11) is 0. The summed E-state index contributed by atoms with van der Waals surface area (Å²) < 4.78 is 16.8. The number of hydrogen-bond acceptors (Lipinski definition) is 5. The first kappa shape index (κ1) is 21.2. The highest BCUT2D eigenvalue weighted by Crippen LogP contribution is 2.26. The van der Waals surface area contributed by atoms with E-state index in [0.717, 1.165) is 16.9 Å². The molecule has 0 bridgehead atoms. The average molecular weight is 432 g/mol. The SMILES string of the molecule is O=C(COc1ccc(OCc2ccccc2)cc1)NNC(=O)C1COc2ccccc2C1. The molecule has 1 aliphatic heterocycles. The summed E-state index contributed by atoms with van der Waals surface area (Å²) in [5.74, 6) is 0.901. The molecule has 1 atom stereocenters. The lowest BCUT2D eigenvalue weighted by atomic mass is 9.96. The van der Waals surface area contributed by atoms with Crippen molar-refractivity contribution in [1.29, 1.82) is 0 Å². The molecule has 0 saturated carbocycles. The molecule has 1 unspecified atom stereocenters. The molecule has 32 heavy (non-hydrogen) atoms. The van der Waals surface area contributed by atoms with Crippen molar-refractivity contribution in [2.75, 3.05) is 13.2 Å². The van der Waals surface area contributed by atoms with Gasteiger partial charge in [-0.05, 0) is 47.9 Å². The molecule has 164 valence electrons. The van der Waals surface area contributed by atoms with Gasteiger partial charge in [0.2, 0.25) is 5.91 Å². The summed E-state index contributed by atoms with van der Waals surface area (Å²) >= 11 is 0. The van der Waals surface area contributed by atoms with Gasteiger partial charge < -0.3 is 14.2 Å². The number of ether oxygens (including phenoxy) is 3. The van der Waals surface area contributed by atoms with Gasteiger partial charge in [-0.2, -0.15) is 0 Å². The van der Waals surface area contributed by atoms with Crippen LogP contribution in [-0.2, 0) is 22.6 Å². The average Bonchev–Trinajstić information content (AvgIpc) is 2.85. The zero-order chi connectivity index (χ0) is 22.2. The van der Waals surface area contributed by atoms with Gasteiger partial charge in [0, 0.05) is 0 Å². The lowest BCUT2D eigenvalue weighted by Crippen LogP contribution is -2.48. The van der Waals surface area contributed by atoms with E-state index in [0.29, 0.717) is 24.5 Å². The third-order valence-corrected chi connectivity index (χ3v) is 5.02. The Morgan fingerprint density at radius 1 is 0.844 bits per heavy atom. The molecule has 2 N–H and O–H groups in total. The van der Waals surface area contributed by atoms with Crippen molar-refractivity contribution in [2.24, 2.45) is 5.92 Å². The fraction of sp³-hybridized carbons (Fsp3) is 0.200. The molecule has 0 aliphatic carbocycles. The second-order valence-electron chi connectivity index (χ2n) is 7.39. The minimum absolute atomic E-state index is 0.228. The molecule has 0 fully saturated rings. The molecule has 0 radical (unpaired) electrons. The number of hydrogen-bond donors (Lipinski definition) is 2. The van der Waals surface area contributed by atoms with E-state index in [2.05, 4.69) is 10.9 Å². The second kappa shape index (κ2) is 10.3. The minimum atomic E-state index is -0.458. The molecule has 1 aliphatic rings. The van der Waals surface area contributed by atoms with Crippen molar-refractivity contribution in [3.63, 3.8) is 0 Å². The van der Waals surface area contributed by atoms with Crippen LogP contribution in [0.2, 0.25) is 0 Å². The third kappa shape index (κ3) is 5.78. The van der Waals surface area contributed by atoms with Crippen LogP contribution in [0, 0.1) is 5.92 Å². The first-order valence-electron chi connectivity index (χ1n) is 10.4. The van der Waals surface area contributed by atoms with Crippen LogP contribution < -0.4 is 25.1 Å². The second-order valence-corrected chi connectivity index (χ2v) is 7.39. The number of carbonyl (C=O) groups is 2. The summed E-state index contributed by atoms with van der Waals surface area (Å²) in [5.41, 5.74) is 6.88. The Bertz CT molecular complexity index is 1050. The fourth-order valence-electron chi connectivity index (χ4n) is 3.29. The molecule has 3 aromatic rings. The van der Waals surface area contributed by atoms with Gasteiger partial charge >= 0.3 is 0 Å². The van der Waals surface area contributed by atoms with Gasteiger partial charge in [-0.3, -0.25) is 20.4 Å². The Morgan fingerprint density at radius 3 is 2.31 bits per heavy atom. The molecule has 4 rings (SSSR count). The summed E-state index contributed by atoms with van der Waals surface area (Å²) in [6.45, 7) is 0.517. The Balaban J connectivity index is 1.17. The molecular formula is C25H24N2O5. The van der Waals surface area contributed by atoms with E-state index in [1.54, 1.807) is 24.3 Å². The first-order valence-corrected chi connectivity index (χ1v) is 10.4. The predicted octanol–water partition coefficient (Wildman–Crippen LogP) is 3.04. The number of para-hydroxylation sites is 1. The lowest BCUT2D eigenvalue weighted by Gasteiger charge is -2.24. The summed E-state index contributed by atoms with van der Waals surface area (Å²) in [5, 5.41) is 0. The highest BCUT2D eigenvalue weighted by molar-refractivity contribution is 5.84. The summed E-state index contributed by atoms with van der Waals surface area (Å²) in [6.07, 6.45) is 0.563. The van der Waals surface area contributed by atoms with Crippen LogP contribution >= 0.6 is 0 Å². The van der Waals surface area contributed by atoms with Gasteiger partial charge in [-0.15, -0.1) is 0 Å². The molecule has 0 aromatic heterocycles. The fourth-order valence-corrected chi connectivity index (χ4v) is 3.29. The summed E-state index contributed by atoms with van der Waals surface area (Å²) in [4.78, 5) is 24.3. The highest BCUT2D eigenvalue weighted by atomic mass is 16.5. The third-order valence-electron chi connectivity index (χ3n) is 5.02. The topological polar surface area (TPSA) is 85.9 Å². The molecular weight excluding hydrogens is 408 g/mol. The van der Waals surface area contributed by atoms with Crippen molar-refractivity contribution >= 4 is 11.8 Å². The number of nitrogens with one attached hydrogen (secondary N) is 2. The quantitative estimate of drug-likeness (QED) is 0.561. The van der Waals surface area contributed by atoms with Crippen molar-refractivity contribution in [1.82, 2.24) is 10.9 Å². The van der Waals surface area contributed by atoms with E-state index in [1.165, 1.54) is 0 Å². The largest absolute Gasteiger partial charge is 0.492 e. The van der Waals surface area contributed by atoms with Crippen LogP contribution in [-0.4, -0.2) is 25.0 Å². The molecule has 3 aromatic carbocycles. The van der Waals surface area contributed by atoms with E-state index in [4.69, 9.17) is 14.2 Å². The van der Waals surface area contributed by atoms with Crippen molar-refractivity contribution in [3.05, 3.63) is 90.0 Å². The van der Waals surface area contributed by atoms with E-state index in [9.17, 15) is 9.59 Å². The smallest absolute Gasteiger partial charge is 0.276 e. The molecule has 7 nitrogen and oxygen atoms in total. The van der Waals surface area contributed by atoms with Gasteiger partial charge in [-0.1, -0.05) is 48.5 Å². The van der Waals surface area contributed by atoms with Gasteiger partial charge in [-0.25, -0.2) is 0 Å². The van der Waals surface area contributed by atoms with Crippen LogP contribution in [0.3, 0.4) is 0 Å². The number of benzene rings is 3. The van der Waals surface area contributed by atoms with Gasteiger partial charge in [0.1, 0.15) is 30.5 Å². The first-order chi connectivity index (χ1) is 15.7. The molecule has 1 heterocycles. The number of fused-ring (bicyclic) bond motifs is 1. The van der Waals surface area contributed by atoms with Gasteiger partial charge in [0.15, 0.2) is 6.61 Å². The molecule has 0 saturated heterocycles. The maximum absolute atomic E-state index is 12.3. The van der Waals surface area contributed by atoms with Crippen molar-refractivity contribution in [2.45, 2.75) is 13.0 Å². The zero-order valence-electron chi connectivity index (χ0n) is 17.5. The van der Waals surface area contributed by atoms with Crippen LogP contribution in [0.5, 0.6) is 17.2 Å². The van der Waals surface area contributed by atoms with E-state index >= 15 is 0 Å². The number of rotatable bonds is 7. The number of carbonyl (C=O) groups excluding carboxylic acids is 2. The Labute approximate surface area is 186 Å². The normalized spacial score (nSPS) is 14.4. The Kier molecular flexibility index (Phi) is 6.87.